The number of hydrogen-bond donors (Lipinski definition) is 11. The number of rotatable bonds is 11. The second-order valence-electron chi connectivity index (χ2n) is 8.82. The van der Waals surface area contributed by atoms with Gasteiger partial charge < -0.3 is 75.3 Å². The second kappa shape index (κ2) is 13.6. The van der Waals surface area contributed by atoms with Gasteiger partial charge in [-0.25, -0.2) is 0 Å². The maximum Gasteiger partial charge on any atom is 0.217 e. The molecule has 0 aromatic heterocycles. The lowest BCUT2D eigenvalue weighted by Crippen LogP contribution is -2.66. The highest BCUT2D eigenvalue weighted by Gasteiger charge is 2.51. The third-order valence-electron chi connectivity index (χ3n) is 6.12. The Bertz CT molecular complexity index is 687. The van der Waals surface area contributed by atoms with Gasteiger partial charge in [-0.15, -0.1) is 0 Å². The van der Waals surface area contributed by atoms with Gasteiger partial charge in [-0.3, -0.25) is 4.79 Å². The molecule has 0 bridgehead atoms. The first-order valence-corrected chi connectivity index (χ1v) is 11.4. The Balaban J connectivity index is 2.38. The van der Waals surface area contributed by atoms with Crippen LogP contribution in [0, 0.1) is 0 Å². The number of ether oxygens (including phenoxy) is 4. The van der Waals surface area contributed by atoms with Gasteiger partial charge in [0, 0.05) is 6.92 Å². The van der Waals surface area contributed by atoms with Crippen molar-refractivity contribution in [1.82, 2.24) is 5.32 Å². The third-order valence-corrected chi connectivity index (χ3v) is 6.12. The minimum Gasteiger partial charge on any atom is -0.394 e. The SMILES string of the molecule is CC(=O)N[C@@H](CO)[C@@H](O[C@H]1O[C@H](CO)[C@H](O)[C@H](O)[C@H]1O[C@@H]1O[C@@H](C)[C@@H](O)[C@@H](O)[C@@H]1O)[C@@H](O)[C@H](O)CO. The van der Waals surface area contributed by atoms with E-state index in [2.05, 4.69) is 5.32 Å². The highest BCUT2D eigenvalue weighted by atomic mass is 16.8. The van der Waals surface area contributed by atoms with Crippen LogP contribution in [0.25, 0.3) is 0 Å². The van der Waals surface area contributed by atoms with Gasteiger partial charge in [-0.2, -0.15) is 0 Å². The summed E-state index contributed by atoms with van der Waals surface area (Å²) in [6.07, 6.45) is -21.8. The minimum atomic E-state index is -1.94. The van der Waals surface area contributed by atoms with E-state index < -0.39 is 111 Å². The molecule has 0 spiro atoms. The van der Waals surface area contributed by atoms with Crippen LogP contribution >= 0.6 is 0 Å². The molecule has 2 fully saturated rings. The van der Waals surface area contributed by atoms with Crippen LogP contribution in [0.4, 0.5) is 0 Å². The van der Waals surface area contributed by atoms with E-state index in [-0.39, 0.29) is 0 Å². The standard InChI is InChI=1S/C20H37NO15/c1-6-11(27)14(30)16(32)19(33-6)36-18-15(31)13(29)10(5-24)34-20(18)35-17(12(28)9(26)4-23)8(3-22)21-7(2)25/h6,8-20,22-24,26-32H,3-5H2,1-2H3,(H,21,25)/t6-,8-,9+,10+,11+,12-,13-,14+,15-,16-,17+,18+,19-,20+/m0/s1. The van der Waals surface area contributed by atoms with Crippen LogP contribution in [0.5, 0.6) is 0 Å². The molecule has 2 heterocycles. The summed E-state index contributed by atoms with van der Waals surface area (Å²) in [6.45, 7) is -0.0978. The number of carbonyl (C=O) groups excluding carboxylic acids is 1. The molecule has 2 rings (SSSR count). The van der Waals surface area contributed by atoms with Gasteiger partial charge in [-0.1, -0.05) is 0 Å². The Morgan fingerprint density at radius 1 is 0.889 bits per heavy atom. The minimum absolute atomic E-state index is 0.658. The Morgan fingerprint density at radius 2 is 1.53 bits per heavy atom. The van der Waals surface area contributed by atoms with Crippen molar-refractivity contribution in [3.8, 4) is 0 Å². The van der Waals surface area contributed by atoms with E-state index in [0.717, 1.165) is 6.92 Å². The Labute approximate surface area is 206 Å². The van der Waals surface area contributed by atoms with Crippen LogP contribution in [0.1, 0.15) is 13.8 Å². The van der Waals surface area contributed by atoms with E-state index >= 15 is 0 Å². The van der Waals surface area contributed by atoms with Crippen LogP contribution in [0.15, 0.2) is 0 Å². The molecule has 36 heavy (non-hydrogen) atoms. The summed E-state index contributed by atoms with van der Waals surface area (Å²) in [5, 5.41) is 103. The van der Waals surface area contributed by atoms with Crippen molar-refractivity contribution in [3.05, 3.63) is 0 Å². The first kappa shape index (κ1) is 31.1. The number of aliphatic hydroxyl groups is 10. The molecule has 16 heteroatoms. The zero-order valence-electron chi connectivity index (χ0n) is 19.7. The zero-order chi connectivity index (χ0) is 27.3. The molecule has 212 valence electrons. The van der Waals surface area contributed by atoms with Crippen molar-refractivity contribution in [2.45, 2.75) is 99.6 Å². The monoisotopic (exact) mass is 531 g/mol. The molecule has 1 amide bonds. The van der Waals surface area contributed by atoms with Crippen molar-refractivity contribution in [1.29, 1.82) is 0 Å². The molecule has 2 aliphatic heterocycles. The lowest BCUT2D eigenvalue weighted by molar-refractivity contribution is -0.373. The lowest BCUT2D eigenvalue weighted by atomic mass is 9.96. The summed E-state index contributed by atoms with van der Waals surface area (Å²) in [5.74, 6) is -0.658. The number of carbonyl (C=O) groups is 1. The quantitative estimate of drug-likeness (QED) is 0.118. The van der Waals surface area contributed by atoms with Crippen molar-refractivity contribution >= 4 is 5.91 Å². The smallest absolute Gasteiger partial charge is 0.217 e. The molecular formula is C20H37NO15. The molecule has 2 aliphatic rings. The lowest BCUT2D eigenvalue weighted by Gasteiger charge is -2.47. The molecule has 0 aromatic rings. The van der Waals surface area contributed by atoms with E-state index in [4.69, 9.17) is 18.9 Å². The Hall–Kier alpha value is -1.09. The number of nitrogens with one attached hydrogen (secondary N) is 1. The van der Waals surface area contributed by atoms with E-state index in [9.17, 15) is 55.9 Å². The highest BCUT2D eigenvalue weighted by Crippen LogP contribution is 2.31. The van der Waals surface area contributed by atoms with Crippen LogP contribution < -0.4 is 5.32 Å². The van der Waals surface area contributed by atoms with Crippen LogP contribution in [-0.4, -0.2) is 163 Å². The van der Waals surface area contributed by atoms with Gasteiger partial charge >= 0.3 is 0 Å². The van der Waals surface area contributed by atoms with Gasteiger partial charge in [0.1, 0.15) is 61.0 Å². The normalized spacial score (nSPS) is 40.8. The zero-order valence-corrected chi connectivity index (χ0v) is 19.7. The van der Waals surface area contributed by atoms with Crippen LogP contribution in [-0.2, 0) is 23.7 Å². The molecule has 11 N–H and O–H groups in total. The molecule has 0 radical (unpaired) electrons. The van der Waals surface area contributed by atoms with Crippen molar-refractivity contribution in [3.63, 3.8) is 0 Å². The Morgan fingerprint density at radius 3 is 2.06 bits per heavy atom. The number of amides is 1. The summed E-state index contributed by atoms with van der Waals surface area (Å²) >= 11 is 0. The van der Waals surface area contributed by atoms with E-state index in [0.29, 0.717) is 0 Å². The molecule has 0 saturated carbocycles. The summed E-state index contributed by atoms with van der Waals surface area (Å²) in [4.78, 5) is 11.6. The third kappa shape index (κ3) is 7.06. The maximum atomic E-state index is 11.6. The number of aliphatic hydroxyl groups excluding tert-OH is 10. The molecule has 16 nitrogen and oxygen atoms in total. The molecule has 14 atom stereocenters. The fourth-order valence-corrected chi connectivity index (χ4v) is 3.98. The molecule has 0 aromatic carbocycles. The van der Waals surface area contributed by atoms with E-state index in [1.807, 2.05) is 0 Å². The van der Waals surface area contributed by atoms with Gasteiger partial charge in [0.2, 0.25) is 5.91 Å². The molecule has 0 unspecified atom stereocenters. The fourth-order valence-electron chi connectivity index (χ4n) is 3.98. The van der Waals surface area contributed by atoms with Crippen molar-refractivity contribution < 1.29 is 74.8 Å². The molecule has 2 saturated heterocycles. The van der Waals surface area contributed by atoms with Crippen molar-refractivity contribution in [2.75, 3.05) is 19.8 Å². The molecular weight excluding hydrogens is 494 g/mol. The van der Waals surface area contributed by atoms with Gasteiger partial charge in [0.15, 0.2) is 12.6 Å². The highest BCUT2D eigenvalue weighted by molar-refractivity contribution is 5.73. The van der Waals surface area contributed by atoms with Crippen LogP contribution in [0.2, 0.25) is 0 Å². The van der Waals surface area contributed by atoms with Crippen LogP contribution in [0.3, 0.4) is 0 Å². The van der Waals surface area contributed by atoms with E-state index in [1.54, 1.807) is 0 Å². The van der Waals surface area contributed by atoms with Gasteiger partial charge in [-0.05, 0) is 6.92 Å². The van der Waals surface area contributed by atoms with Gasteiger partial charge in [0.25, 0.3) is 0 Å². The summed E-state index contributed by atoms with van der Waals surface area (Å²) in [6, 6.07) is -1.38. The average molecular weight is 532 g/mol. The van der Waals surface area contributed by atoms with E-state index in [1.165, 1.54) is 6.92 Å². The second-order valence-corrected chi connectivity index (χ2v) is 8.82. The predicted molar refractivity (Wildman–Crippen MR) is 114 cm³/mol. The summed E-state index contributed by atoms with van der Waals surface area (Å²) in [7, 11) is 0. The first-order chi connectivity index (χ1) is 16.9. The predicted octanol–water partition coefficient (Wildman–Crippen LogP) is -6.77. The number of hydrogen-bond acceptors (Lipinski definition) is 15. The Kier molecular flexibility index (Phi) is 11.8. The first-order valence-electron chi connectivity index (χ1n) is 11.4. The summed E-state index contributed by atoms with van der Waals surface area (Å²) in [5.41, 5.74) is 0. The fraction of sp³-hybridized carbons (Fsp3) is 0.950. The maximum absolute atomic E-state index is 11.6. The topological polar surface area (TPSA) is 268 Å². The summed E-state index contributed by atoms with van der Waals surface area (Å²) < 4.78 is 22.0. The van der Waals surface area contributed by atoms with Gasteiger partial charge in [0.05, 0.1) is 32.0 Å². The average Bonchev–Trinajstić information content (AvgIpc) is 2.85. The molecule has 0 aliphatic carbocycles. The van der Waals surface area contributed by atoms with Crippen molar-refractivity contribution in [2.24, 2.45) is 0 Å². The largest absolute Gasteiger partial charge is 0.394 e.